The maximum Gasteiger partial charge on any atom is 0.227 e. The molecular formula is C19H13BrN2O2. The summed E-state index contributed by atoms with van der Waals surface area (Å²) in [5.41, 5.74) is 4.22. The van der Waals surface area contributed by atoms with Crippen molar-refractivity contribution < 1.29 is 9.15 Å². The van der Waals surface area contributed by atoms with E-state index in [0.29, 0.717) is 5.89 Å². The second-order valence-corrected chi connectivity index (χ2v) is 6.06. The Hall–Kier alpha value is -2.66. The summed E-state index contributed by atoms with van der Waals surface area (Å²) < 4.78 is 12.2. The molecule has 118 valence electrons. The number of pyridine rings is 1. The van der Waals surface area contributed by atoms with Crippen LogP contribution in [0.3, 0.4) is 0 Å². The maximum atomic E-state index is 5.83. The number of aromatic nitrogens is 2. The number of hydrogen-bond donors (Lipinski definition) is 0. The van der Waals surface area contributed by atoms with Gasteiger partial charge in [0.1, 0.15) is 15.9 Å². The van der Waals surface area contributed by atoms with Crippen molar-refractivity contribution in [2.45, 2.75) is 0 Å². The monoisotopic (exact) mass is 380 g/mol. The number of para-hydroxylation sites is 2. The number of fused-ring (bicyclic) bond motifs is 1. The van der Waals surface area contributed by atoms with Crippen LogP contribution in [0.1, 0.15) is 0 Å². The van der Waals surface area contributed by atoms with Gasteiger partial charge in [0.05, 0.1) is 12.8 Å². The summed E-state index contributed by atoms with van der Waals surface area (Å²) in [6, 6.07) is 19.3. The van der Waals surface area contributed by atoms with E-state index in [2.05, 4.69) is 25.9 Å². The van der Waals surface area contributed by atoms with Crippen LogP contribution in [0.15, 0.2) is 69.7 Å². The molecule has 0 fully saturated rings. The zero-order valence-electron chi connectivity index (χ0n) is 12.9. The van der Waals surface area contributed by atoms with Crippen LogP contribution in [0.5, 0.6) is 5.75 Å². The summed E-state index contributed by atoms with van der Waals surface area (Å²) in [5.74, 6) is 1.30. The molecule has 4 aromatic rings. The lowest BCUT2D eigenvalue weighted by Gasteiger charge is -2.09. The highest BCUT2D eigenvalue weighted by Crippen LogP contribution is 2.34. The minimum absolute atomic E-state index is 0.572. The van der Waals surface area contributed by atoms with E-state index >= 15 is 0 Å². The van der Waals surface area contributed by atoms with Crippen LogP contribution >= 0.6 is 15.9 Å². The number of nitrogens with zero attached hydrogens (tertiary/aromatic N) is 2. The maximum absolute atomic E-state index is 5.83. The van der Waals surface area contributed by atoms with Crippen molar-refractivity contribution in [3.8, 4) is 28.5 Å². The van der Waals surface area contributed by atoms with Crippen molar-refractivity contribution in [2.24, 2.45) is 0 Å². The van der Waals surface area contributed by atoms with Crippen LogP contribution in [-0.4, -0.2) is 17.1 Å². The summed E-state index contributed by atoms with van der Waals surface area (Å²) in [4.78, 5) is 9.02. The minimum atomic E-state index is 0.572. The molecule has 0 aliphatic carbocycles. The van der Waals surface area contributed by atoms with Crippen LogP contribution in [-0.2, 0) is 0 Å². The summed E-state index contributed by atoms with van der Waals surface area (Å²) in [6.07, 6.45) is 0. The van der Waals surface area contributed by atoms with Gasteiger partial charge in [0, 0.05) is 11.1 Å². The molecule has 0 saturated carbocycles. The largest absolute Gasteiger partial charge is 0.496 e. The Morgan fingerprint density at radius 1 is 0.958 bits per heavy atom. The summed E-state index contributed by atoms with van der Waals surface area (Å²) >= 11 is 3.40. The Morgan fingerprint density at radius 2 is 1.83 bits per heavy atom. The number of benzene rings is 2. The van der Waals surface area contributed by atoms with E-state index < -0.39 is 0 Å². The number of rotatable bonds is 3. The third-order valence-corrected chi connectivity index (χ3v) is 4.18. The molecular weight excluding hydrogens is 368 g/mol. The first-order chi connectivity index (χ1) is 11.7. The normalized spacial score (nSPS) is 10.9. The van der Waals surface area contributed by atoms with Crippen LogP contribution in [0.25, 0.3) is 33.8 Å². The van der Waals surface area contributed by atoms with Gasteiger partial charge < -0.3 is 9.15 Å². The molecule has 0 atom stereocenters. The minimum Gasteiger partial charge on any atom is -0.496 e. The Balaban J connectivity index is 1.81. The fourth-order valence-electron chi connectivity index (χ4n) is 2.59. The third-order valence-electron chi connectivity index (χ3n) is 3.73. The standard InChI is InChI=1S/C19H13BrN2O2/c1-23-17-11-12(19-22-15-5-2-3-7-16(15)24-19)9-10-13(17)14-6-4-8-18(20)21-14/h2-11H,1H3. The number of hydrogen-bond acceptors (Lipinski definition) is 4. The highest BCUT2D eigenvalue weighted by Gasteiger charge is 2.13. The van der Waals surface area contributed by atoms with Gasteiger partial charge >= 0.3 is 0 Å². The summed E-state index contributed by atoms with van der Waals surface area (Å²) in [7, 11) is 1.65. The SMILES string of the molecule is COc1cc(-c2nc3ccccc3o2)ccc1-c1cccc(Br)n1. The van der Waals surface area contributed by atoms with E-state index in [0.717, 1.165) is 38.3 Å². The van der Waals surface area contributed by atoms with E-state index in [9.17, 15) is 0 Å². The van der Waals surface area contributed by atoms with Gasteiger partial charge in [-0.3, -0.25) is 0 Å². The first-order valence-corrected chi connectivity index (χ1v) is 8.21. The quantitative estimate of drug-likeness (QED) is 0.450. The van der Waals surface area contributed by atoms with Gasteiger partial charge in [0.2, 0.25) is 5.89 Å². The van der Waals surface area contributed by atoms with Crippen molar-refractivity contribution in [1.82, 2.24) is 9.97 Å². The van der Waals surface area contributed by atoms with Crippen LogP contribution in [0.4, 0.5) is 0 Å². The molecule has 0 aliphatic rings. The van der Waals surface area contributed by atoms with E-state index in [4.69, 9.17) is 9.15 Å². The molecule has 0 spiro atoms. The molecule has 0 bridgehead atoms. The topological polar surface area (TPSA) is 48.2 Å². The molecule has 4 rings (SSSR count). The zero-order valence-corrected chi connectivity index (χ0v) is 14.4. The highest BCUT2D eigenvalue weighted by molar-refractivity contribution is 9.10. The second kappa shape index (κ2) is 6.09. The molecule has 0 N–H and O–H groups in total. The van der Waals surface area contributed by atoms with Crippen molar-refractivity contribution in [2.75, 3.05) is 7.11 Å². The molecule has 0 amide bonds. The molecule has 24 heavy (non-hydrogen) atoms. The lowest BCUT2D eigenvalue weighted by Crippen LogP contribution is -1.91. The molecule has 2 aromatic heterocycles. The number of halogens is 1. The van der Waals surface area contributed by atoms with Gasteiger partial charge in [-0.2, -0.15) is 0 Å². The molecule has 0 aliphatic heterocycles. The molecule has 2 heterocycles. The smallest absolute Gasteiger partial charge is 0.227 e. The van der Waals surface area contributed by atoms with E-state index in [1.54, 1.807) is 7.11 Å². The second-order valence-electron chi connectivity index (χ2n) is 5.25. The molecule has 0 unspecified atom stereocenters. The molecule has 5 heteroatoms. The van der Waals surface area contributed by atoms with Crippen molar-refractivity contribution >= 4 is 27.0 Å². The Kier molecular flexibility index (Phi) is 3.78. The summed E-state index contributed by atoms with van der Waals surface area (Å²) in [5, 5.41) is 0. The Labute approximate surface area is 147 Å². The molecule has 0 radical (unpaired) electrons. The predicted molar refractivity (Wildman–Crippen MR) is 96.9 cm³/mol. The fraction of sp³-hybridized carbons (Fsp3) is 0.0526. The zero-order chi connectivity index (χ0) is 16.5. The van der Waals surface area contributed by atoms with Crippen molar-refractivity contribution in [3.05, 3.63) is 65.3 Å². The third kappa shape index (κ3) is 2.67. The highest BCUT2D eigenvalue weighted by atomic mass is 79.9. The predicted octanol–water partition coefficient (Wildman–Crippen LogP) is 5.33. The van der Waals surface area contributed by atoms with Crippen LogP contribution < -0.4 is 4.74 Å². The lowest BCUT2D eigenvalue weighted by atomic mass is 10.1. The average Bonchev–Trinajstić information content (AvgIpc) is 3.05. The summed E-state index contributed by atoms with van der Waals surface area (Å²) in [6.45, 7) is 0. The van der Waals surface area contributed by atoms with Gasteiger partial charge in [0.25, 0.3) is 0 Å². The van der Waals surface area contributed by atoms with Crippen LogP contribution in [0.2, 0.25) is 0 Å². The number of oxazole rings is 1. The van der Waals surface area contributed by atoms with Crippen molar-refractivity contribution in [3.63, 3.8) is 0 Å². The van der Waals surface area contributed by atoms with Crippen molar-refractivity contribution in [1.29, 1.82) is 0 Å². The first kappa shape index (κ1) is 14.9. The molecule has 0 saturated heterocycles. The molecule has 2 aromatic carbocycles. The average molecular weight is 381 g/mol. The van der Waals surface area contributed by atoms with E-state index in [1.807, 2.05) is 60.7 Å². The van der Waals surface area contributed by atoms with E-state index in [-0.39, 0.29) is 0 Å². The first-order valence-electron chi connectivity index (χ1n) is 7.41. The van der Waals surface area contributed by atoms with E-state index in [1.165, 1.54) is 0 Å². The number of methoxy groups -OCH3 is 1. The Morgan fingerprint density at radius 3 is 2.62 bits per heavy atom. The van der Waals surface area contributed by atoms with Gasteiger partial charge in [0.15, 0.2) is 5.58 Å². The van der Waals surface area contributed by atoms with Gasteiger partial charge in [-0.15, -0.1) is 0 Å². The van der Waals surface area contributed by atoms with Crippen LogP contribution in [0, 0.1) is 0 Å². The van der Waals surface area contributed by atoms with Gasteiger partial charge in [-0.05, 0) is 58.4 Å². The fourth-order valence-corrected chi connectivity index (χ4v) is 2.93. The van der Waals surface area contributed by atoms with Gasteiger partial charge in [-0.25, -0.2) is 9.97 Å². The Bertz CT molecular complexity index is 994. The molecule has 4 nitrogen and oxygen atoms in total. The number of ether oxygens (including phenoxy) is 1. The lowest BCUT2D eigenvalue weighted by molar-refractivity contribution is 0.416. The van der Waals surface area contributed by atoms with Gasteiger partial charge in [-0.1, -0.05) is 18.2 Å².